The monoisotopic (exact) mass is 325 g/mol. The van der Waals surface area contributed by atoms with Crippen molar-refractivity contribution in [3.63, 3.8) is 0 Å². The van der Waals surface area contributed by atoms with Gasteiger partial charge in [-0.05, 0) is 31.2 Å². The predicted octanol–water partition coefficient (Wildman–Crippen LogP) is 2.62. The van der Waals surface area contributed by atoms with Crippen LogP contribution in [0.4, 0.5) is 0 Å². The van der Waals surface area contributed by atoms with Crippen LogP contribution in [0.25, 0.3) is 0 Å². The molecule has 2 aromatic rings. The second-order valence-electron chi connectivity index (χ2n) is 6.09. The summed E-state index contributed by atoms with van der Waals surface area (Å²) in [4.78, 5) is 33.3. The molecule has 6 heteroatoms. The lowest BCUT2D eigenvalue weighted by molar-refractivity contribution is 0.0641. The first-order valence-corrected chi connectivity index (χ1v) is 7.96. The summed E-state index contributed by atoms with van der Waals surface area (Å²) in [6, 6.07) is 9.91. The lowest BCUT2D eigenvalue weighted by Gasteiger charge is -2.29. The van der Waals surface area contributed by atoms with Crippen LogP contribution < -0.4 is 0 Å². The van der Waals surface area contributed by atoms with E-state index in [0.717, 1.165) is 24.6 Å². The van der Waals surface area contributed by atoms with E-state index in [1.165, 1.54) is 6.20 Å². The molecule has 1 aromatic heterocycles. The van der Waals surface area contributed by atoms with Crippen molar-refractivity contribution in [1.29, 1.82) is 0 Å². The molecule has 24 heavy (non-hydrogen) atoms. The fraction of sp³-hybridized carbons (Fsp3) is 0.333. The van der Waals surface area contributed by atoms with Gasteiger partial charge in [-0.15, -0.1) is 0 Å². The van der Waals surface area contributed by atoms with Crippen LogP contribution in [-0.2, 0) is 6.54 Å². The Balaban J connectivity index is 1.83. The number of carbonyl (C=O) groups excluding carboxylic acids is 1. The molecule has 0 aliphatic heterocycles. The van der Waals surface area contributed by atoms with Crippen molar-refractivity contribution in [1.82, 2.24) is 14.9 Å². The Hall–Kier alpha value is -2.76. The summed E-state index contributed by atoms with van der Waals surface area (Å²) in [6.45, 7) is 2.55. The number of carbonyl (C=O) groups is 2. The van der Waals surface area contributed by atoms with Crippen LogP contribution in [0.3, 0.4) is 0 Å². The lowest BCUT2D eigenvalue weighted by atomic mass is 10.1. The second kappa shape index (κ2) is 6.78. The third kappa shape index (κ3) is 3.59. The van der Waals surface area contributed by atoms with Gasteiger partial charge in [-0.25, -0.2) is 14.8 Å². The van der Waals surface area contributed by atoms with Crippen molar-refractivity contribution in [3.05, 3.63) is 59.7 Å². The molecule has 1 atom stereocenters. The zero-order valence-corrected chi connectivity index (χ0v) is 13.4. The number of hydrogen-bond donors (Lipinski definition) is 1. The second-order valence-corrected chi connectivity index (χ2v) is 6.09. The summed E-state index contributed by atoms with van der Waals surface area (Å²) in [5.41, 5.74) is 1.05. The van der Waals surface area contributed by atoms with Gasteiger partial charge >= 0.3 is 5.97 Å². The predicted molar refractivity (Wildman–Crippen MR) is 87.5 cm³/mol. The molecule has 6 nitrogen and oxygen atoms in total. The van der Waals surface area contributed by atoms with Gasteiger partial charge in [0.25, 0.3) is 5.91 Å². The summed E-state index contributed by atoms with van der Waals surface area (Å²) < 4.78 is 0. The first kappa shape index (κ1) is 16.1. The SMILES string of the molecule is CC(C1CC1)N(Cc1ccccc1)C(=O)c1cnc(C(=O)O)cn1. The highest BCUT2D eigenvalue weighted by Gasteiger charge is 2.35. The minimum Gasteiger partial charge on any atom is -0.476 e. The Morgan fingerprint density at radius 1 is 1.17 bits per heavy atom. The number of aromatic carboxylic acids is 1. The minimum atomic E-state index is -1.16. The standard InChI is InChI=1S/C18H19N3O3/c1-12(14-7-8-14)21(11-13-5-3-2-4-6-13)17(22)15-9-20-16(10-19-15)18(23)24/h2-6,9-10,12,14H,7-8,11H2,1H3,(H,23,24). The fourth-order valence-electron chi connectivity index (χ4n) is 2.71. The summed E-state index contributed by atoms with van der Waals surface area (Å²) in [5, 5.41) is 8.89. The molecule has 1 aromatic carbocycles. The number of rotatable bonds is 6. The highest BCUT2D eigenvalue weighted by atomic mass is 16.4. The van der Waals surface area contributed by atoms with E-state index in [4.69, 9.17) is 5.11 Å². The van der Waals surface area contributed by atoms with Gasteiger partial charge in [-0.3, -0.25) is 4.79 Å². The van der Waals surface area contributed by atoms with Crippen LogP contribution in [-0.4, -0.2) is 37.9 Å². The molecule has 1 aliphatic rings. The van der Waals surface area contributed by atoms with Crippen molar-refractivity contribution in [3.8, 4) is 0 Å². The summed E-state index contributed by atoms with van der Waals surface area (Å²) >= 11 is 0. The number of benzene rings is 1. The first-order valence-electron chi connectivity index (χ1n) is 7.96. The average molecular weight is 325 g/mol. The molecule has 124 valence electrons. The molecule has 1 fully saturated rings. The van der Waals surface area contributed by atoms with Gasteiger partial charge in [-0.2, -0.15) is 0 Å². The van der Waals surface area contributed by atoms with E-state index in [-0.39, 0.29) is 23.3 Å². The largest absolute Gasteiger partial charge is 0.476 e. The highest BCUT2D eigenvalue weighted by Crippen LogP contribution is 2.36. The summed E-state index contributed by atoms with van der Waals surface area (Å²) in [6.07, 6.45) is 4.62. The number of hydrogen-bond acceptors (Lipinski definition) is 4. The van der Waals surface area contributed by atoms with Crippen molar-refractivity contribution >= 4 is 11.9 Å². The van der Waals surface area contributed by atoms with Crippen molar-refractivity contribution < 1.29 is 14.7 Å². The van der Waals surface area contributed by atoms with E-state index in [0.29, 0.717) is 12.5 Å². The molecule has 1 N–H and O–H groups in total. The third-order valence-corrected chi connectivity index (χ3v) is 4.34. The maximum Gasteiger partial charge on any atom is 0.356 e. The van der Waals surface area contributed by atoms with Crippen LogP contribution in [0, 0.1) is 5.92 Å². The smallest absolute Gasteiger partial charge is 0.356 e. The van der Waals surface area contributed by atoms with Crippen LogP contribution in [0.5, 0.6) is 0 Å². The molecule has 0 saturated heterocycles. The Kier molecular flexibility index (Phi) is 4.55. The Morgan fingerprint density at radius 3 is 2.33 bits per heavy atom. The van der Waals surface area contributed by atoms with Crippen molar-refractivity contribution in [2.24, 2.45) is 5.92 Å². The molecule has 1 heterocycles. The first-order chi connectivity index (χ1) is 11.6. The molecular weight excluding hydrogens is 306 g/mol. The van der Waals surface area contributed by atoms with Crippen LogP contribution in [0.1, 0.15) is 46.3 Å². The number of amides is 1. The molecule has 1 unspecified atom stereocenters. The molecule has 0 spiro atoms. The van der Waals surface area contributed by atoms with E-state index < -0.39 is 5.97 Å². The zero-order valence-electron chi connectivity index (χ0n) is 13.4. The minimum absolute atomic E-state index is 0.110. The van der Waals surface area contributed by atoms with Gasteiger partial charge in [0.1, 0.15) is 5.69 Å². The molecule has 1 aliphatic carbocycles. The number of aromatic nitrogens is 2. The Bertz CT molecular complexity index is 727. The molecule has 3 rings (SSSR count). The number of carboxylic acid groups (broad SMARTS) is 1. The highest BCUT2D eigenvalue weighted by molar-refractivity contribution is 5.93. The number of carboxylic acids is 1. The Labute approximate surface area is 140 Å². The molecular formula is C18H19N3O3. The van der Waals surface area contributed by atoms with Gasteiger partial charge in [0.05, 0.1) is 12.4 Å². The van der Waals surface area contributed by atoms with Gasteiger partial charge in [0, 0.05) is 12.6 Å². The third-order valence-electron chi connectivity index (χ3n) is 4.34. The topological polar surface area (TPSA) is 83.4 Å². The van der Waals surface area contributed by atoms with E-state index >= 15 is 0 Å². The summed E-state index contributed by atoms with van der Waals surface area (Å²) in [7, 11) is 0. The summed E-state index contributed by atoms with van der Waals surface area (Å²) in [5.74, 6) is -0.861. The van der Waals surface area contributed by atoms with Gasteiger partial charge in [-0.1, -0.05) is 30.3 Å². The van der Waals surface area contributed by atoms with Gasteiger partial charge in [0.15, 0.2) is 5.69 Å². The van der Waals surface area contributed by atoms with E-state index in [2.05, 4.69) is 16.9 Å². The van der Waals surface area contributed by atoms with Gasteiger partial charge < -0.3 is 10.0 Å². The molecule has 1 amide bonds. The van der Waals surface area contributed by atoms with Crippen molar-refractivity contribution in [2.45, 2.75) is 32.4 Å². The quantitative estimate of drug-likeness (QED) is 0.882. The molecule has 0 radical (unpaired) electrons. The molecule has 1 saturated carbocycles. The van der Waals surface area contributed by atoms with Crippen molar-refractivity contribution in [2.75, 3.05) is 0 Å². The lowest BCUT2D eigenvalue weighted by Crippen LogP contribution is -2.39. The van der Waals surface area contributed by atoms with E-state index in [1.54, 1.807) is 4.90 Å². The van der Waals surface area contributed by atoms with Crippen LogP contribution in [0.2, 0.25) is 0 Å². The zero-order chi connectivity index (χ0) is 17.1. The fourth-order valence-corrected chi connectivity index (χ4v) is 2.71. The number of nitrogens with zero attached hydrogens (tertiary/aromatic N) is 3. The maximum absolute atomic E-state index is 12.9. The normalized spacial score (nSPS) is 14.9. The van der Waals surface area contributed by atoms with E-state index in [9.17, 15) is 9.59 Å². The average Bonchev–Trinajstić information content (AvgIpc) is 3.44. The Morgan fingerprint density at radius 2 is 1.79 bits per heavy atom. The molecule has 0 bridgehead atoms. The van der Waals surface area contributed by atoms with Crippen LogP contribution in [0.15, 0.2) is 42.7 Å². The van der Waals surface area contributed by atoms with Gasteiger partial charge in [0.2, 0.25) is 0 Å². The van der Waals surface area contributed by atoms with E-state index in [1.807, 2.05) is 30.3 Å². The maximum atomic E-state index is 12.9. The van der Waals surface area contributed by atoms with Crippen LogP contribution >= 0.6 is 0 Å².